The number of amides is 2. The van der Waals surface area contributed by atoms with Crippen molar-refractivity contribution in [3.8, 4) is 0 Å². The van der Waals surface area contributed by atoms with Gasteiger partial charge in [-0.25, -0.2) is 4.39 Å². The molecule has 0 radical (unpaired) electrons. The van der Waals surface area contributed by atoms with Crippen molar-refractivity contribution in [3.05, 3.63) is 35.6 Å². The van der Waals surface area contributed by atoms with Crippen molar-refractivity contribution in [2.24, 2.45) is 11.7 Å². The molecule has 1 heterocycles. The van der Waals surface area contributed by atoms with Gasteiger partial charge in [0.15, 0.2) is 0 Å². The lowest BCUT2D eigenvalue weighted by Gasteiger charge is -2.38. The van der Waals surface area contributed by atoms with Crippen LogP contribution in [0.2, 0.25) is 0 Å². The normalized spacial score (nSPS) is 23.2. The zero-order valence-electron chi connectivity index (χ0n) is 10.8. The van der Waals surface area contributed by atoms with Crippen LogP contribution >= 0.6 is 0 Å². The van der Waals surface area contributed by atoms with Gasteiger partial charge < -0.3 is 10.6 Å². The van der Waals surface area contributed by atoms with Crippen molar-refractivity contribution in [2.45, 2.75) is 25.8 Å². The number of benzene rings is 1. The highest BCUT2D eigenvalue weighted by Crippen LogP contribution is 2.33. The summed E-state index contributed by atoms with van der Waals surface area (Å²) < 4.78 is 13.3. The van der Waals surface area contributed by atoms with Gasteiger partial charge in [0, 0.05) is 6.54 Å². The number of carbonyl (C=O) groups excluding carboxylic acids is 2. The zero-order chi connectivity index (χ0) is 14.0. The van der Waals surface area contributed by atoms with Crippen LogP contribution in [-0.4, -0.2) is 23.3 Å². The lowest BCUT2D eigenvalue weighted by Crippen LogP contribution is -2.46. The molecule has 0 aliphatic carbocycles. The molecule has 1 aromatic rings. The van der Waals surface area contributed by atoms with E-state index in [1.165, 1.54) is 17.0 Å². The molecule has 1 aliphatic rings. The number of halogens is 1. The number of piperidine rings is 1. The second-order valence-corrected chi connectivity index (χ2v) is 5.08. The molecule has 4 nitrogen and oxygen atoms in total. The number of likely N-dealkylation sites (tertiary alicyclic amines) is 1. The van der Waals surface area contributed by atoms with Gasteiger partial charge in [0.2, 0.25) is 0 Å². The molecular weight excluding hydrogens is 247 g/mol. The van der Waals surface area contributed by atoms with E-state index in [9.17, 15) is 14.0 Å². The Labute approximate surface area is 111 Å². The summed E-state index contributed by atoms with van der Waals surface area (Å²) in [5.74, 6) is -1.69. The first-order chi connectivity index (χ1) is 8.99. The number of nitrogens with zero attached hydrogens (tertiary/aromatic N) is 1. The van der Waals surface area contributed by atoms with Crippen LogP contribution in [0.15, 0.2) is 24.3 Å². The maximum absolute atomic E-state index is 13.3. The first kappa shape index (κ1) is 13.5. The molecule has 1 aliphatic heterocycles. The molecule has 2 atom stereocenters. The van der Waals surface area contributed by atoms with Gasteiger partial charge >= 0.3 is 11.8 Å². The van der Waals surface area contributed by atoms with Gasteiger partial charge in [-0.2, -0.15) is 0 Å². The van der Waals surface area contributed by atoms with E-state index in [2.05, 4.69) is 0 Å². The van der Waals surface area contributed by atoms with E-state index in [0.29, 0.717) is 24.4 Å². The quantitative estimate of drug-likeness (QED) is 0.783. The van der Waals surface area contributed by atoms with Gasteiger partial charge in [-0.15, -0.1) is 0 Å². The Morgan fingerprint density at radius 3 is 2.74 bits per heavy atom. The van der Waals surface area contributed by atoms with Crippen molar-refractivity contribution in [1.29, 1.82) is 0 Å². The van der Waals surface area contributed by atoms with Crippen LogP contribution in [0.1, 0.15) is 31.4 Å². The summed E-state index contributed by atoms with van der Waals surface area (Å²) in [5, 5.41) is 0. The third-order valence-corrected chi connectivity index (χ3v) is 3.52. The summed E-state index contributed by atoms with van der Waals surface area (Å²) in [6.45, 7) is 2.49. The molecule has 0 saturated carbocycles. The fraction of sp³-hybridized carbons (Fsp3) is 0.429. The van der Waals surface area contributed by atoms with E-state index in [1.54, 1.807) is 12.1 Å². The Balaban J connectivity index is 2.30. The molecule has 0 bridgehead atoms. The van der Waals surface area contributed by atoms with Gasteiger partial charge in [-0.3, -0.25) is 9.59 Å². The van der Waals surface area contributed by atoms with Gasteiger partial charge in [0.05, 0.1) is 6.04 Å². The molecule has 1 aromatic carbocycles. The summed E-state index contributed by atoms with van der Waals surface area (Å²) in [7, 11) is 0. The predicted octanol–water partition coefficient (Wildman–Crippen LogP) is 1.61. The number of hydrogen-bond acceptors (Lipinski definition) is 2. The monoisotopic (exact) mass is 264 g/mol. The molecular formula is C14H17FN2O2. The Kier molecular flexibility index (Phi) is 3.83. The van der Waals surface area contributed by atoms with Crippen LogP contribution in [0.4, 0.5) is 4.39 Å². The lowest BCUT2D eigenvalue weighted by atomic mass is 9.90. The lowest BCUT2D eigenvalue weighted by molar-refractivity contribution is -0.147. The van der Waals surface area contributed by atoms with Crippen LogP contribution in [0, 0.1) is 11.7 Å². The van der Waals surface area contributed by atoms with Gasteiger partial charge in [-0.05, 0) is 36.5 Å². The fourth-order valence-corrected chi connectivity index (χ4v) is 2.58. The Morgan fingerprint density at radius 1 is 1.37 bits per heavy atom. The first-order valence-corrected chi connectivity index (χ1v) is 6.35. The molecule has 19 heavy (non-hydrogen) atoms. The molecule has 0 spiro atoms. The molecule has 2 N–H and O–H groups in total. The minimum atomic E-state index is -0.962. The molecule has 102 valence electrons. The third-order valence-electron chi connectivity index (χ3n) is 3.52. The maximum atomic E-state index is 13.3. The third kappa shape index (κ3) is 2.92. The second-order valence-electron chi connectivity index (χ2n) is 5.08. The molecule has 2 unspecified atom stereocenters. The van der Waals surface area contributed by atoms with Crippen molar-refractivity contribution < 1.29 is 14.0 Å². The minimum absolute atomic E-state index is 0.271. The molecule has 1 fully saturated rings. The van der Waals surface area contributed by atoms with Crippen LogP contribution in [0.5, 0.6) is 0 Å². The van der Waals surface area contributed by atoms with Gasteiger partial charge in [0.1, 0.15) is 5.82 Å². The number of carbonyl (C=O) groups is 2. The number of rotatable bonds is 1. The predicted molar refractivity (Wildman–Crippen MR) is 68.4 cm³/mol. The van der Waals surface area contributed by atoms with Crippen LogP contribution in [0.25, 0.3) is 0 Å². The van der Waals surface area contributed by atoms with E-state index >= 15 is 0 Å². The number of hydrogen-bond donors (Lipinski definition) is 1. The van der Waals surface area contributed by atoms with Gasteiger partial charge in [0.25, 0.3) is 0 Å². The SMILES string of the molecule is CC1CCC(c2cccc(F)c2)N(C(=O)C(N)=O)C1. The van der Waals surface area contributed by atoms with Crippen LogP contribution in [0.3, 0.4) is 0 Å². The first-order valence-electron chi connectivity index (χ1n) is 6.35. The highest BCUT2D eigenvalue weighted by Gasteiger charge is 2.33. The average molecular weight is 264 g/mol. The second kappa shape index (κ2) is 5.38. The average Bonchev–Trinajstić information content (AvgIpc) is 2.37. The molecule has 5 heteroatoms. The van der Waals surface area contributed by atoms with Crippen LogP contribution in [-0.2, 0) is 9.59 Å². The van der Waals surface area contributed by atoms with Crippen LogP contribution < -0.4 is 5.73 Å². The molecule has 2 amide bonds. The highest BCUT2D eigenvalue weighted by atomic mass is 19.1. The Hall–Kier alpha value is -1.91. The number of nitrogens with two attached hydrogens (primary N) is 1. The highest BCUT2D eigenvalue weighted by molar-refractivity contribution is 6.34. The maximum Gasteiger partial charge on any atom is 0.312 e. The summed E-state index contributed by atoms with van der Waals surface area (Å²) in [5.41, 5.74) is 5.79. The zero-order valence-corrected chi connectivity index (χ0v) is 10.8. The molecule has 0 aromatic heterocycles. The Bertz CT molecular complexity index is 504. The van der Waals surface area contributed by atoms with Gasteiger partial charge in [-0.1, -0.05) is 19.1 Å². The van der Waals surface area contributed by atoms with E-state index < -0.39 is 11.8 Å². The van der Waals surface area contributed by atoms with Crippen molar-refractivity contribution in [3.63, 3.8) is 0 Å². The summed E-state index contributed by atoms with van der Waals surface area (Å²) in [4.78, 5) is 24.4. The van der Waals surface area contributed by atoms with E-state index in [-0.39, 0.29) is 11.9 Å². The largest absolute Gasteiger partial charge is 0.361 e. The summed E-state index contributed by atoms with van der Waals surface area (Å²) in [6, 6.07) is 5.87. The van der Waals surface area contributed by atoms with Crippen molar-refractivity contribution >= 4 is 11.8 Å². The smallest absolute Gasteiger partial charge is 0.312 e. The fourth-order valence-electron chi connectivity index (χ4n) is 2.58. The summed E-state index contributed by atoms with van der Waals surface area (Å²) in [6.07, 6.45) is 1.65. The standard InChI is InChI=1S/C14H17FN2O2/c1-9-5-6-12(10-3-2-4-11(15)7-10)17(8-9)14(19)13(16)18/h2-4,7,9,12H,5-6,8H2,1H3,(H2,16,18). The topological polar surface area (TPSA) is 63.4 Å². The van der Waals surface area contributed by atoms with Crippen molar-refractivity contribution in [1.82, 2.24) is 4.90 Å². The van der Waals surface area contributed by atoms with Crippen molar-refractivity contribution in [2.75, 3.05) is 6.54 Å². The number of primary amides is 1. The minimum Gasteiger partial charge on any atom is -0.361 e. The van der Waals surface area contributed by atoms with E-state index in [1.807, 2.05) is 6.92 Å². The Morgan fingerprint density at radius 2 is 2.11 bits per heavy atom. The summed E-state index contributed by atoms with van der Waals surface area (Å²) >= 11 is 0. The molecule has 2 rings (SSSR count). The molecule has 1 saturated heterocycles. The van der Waals surface area contributed by atoms with E-state index in [4.69, 9.17) is 5.73 Å². The van der Waals surface area contributed by atoms with E-state index in [0.717, 1.165) is 6.42 Å².